The fraction of sp³-hybridized carbons (Fsp3) is 0.250. The van der Waals surface area contributed by atoms with Crippen molar-refractivity contribution < 1.29 is 4.74 Å². The molecule has 0 saturated carbocycles. The fourth-order valence-electron chi connectivity index (χ4n) is 1.91. The third kappa shape index (κ3) is 3.29. The van der Waals surface area contributed by atoms with Crippen LogP contribution in [0, 0.1) is 0 Å². The van der Waals surface area contributed by atoms with Crippen molar-refractivity contribution in [3.63, 3.8) is 0 Å². The van der Waals surface area contributed by atoms with Crippen molar-refractivity contribution in [1.29, 1.82) is 0 Å². The molecule has 19 heavy (non-hydrogen) atoms. The molecule has 0 bridgehead atoms. The van der Waals surface area contributed by atoms with Crippen LogP contribution in [0.4, 0.5) is 5.69 Å². The second kappa shape index (κ2) is 5.25. The van der Waals surface area contributed by atoms with Gasteiger partial charge in [-0.15, -0.1) is 0 Å². The van der Waals surface area contributed by atoms with E-state index in [0.29, 0.717) is 11.4 Å². The van der Waals surface area contributed by atoms with Crippen LogP contribution in [0.1, 0.15) is 26.3 Å². The molecule has 0 unspecified atom stereocenters. The zero-order valence-electron chi connectivity index (χ0n) is 11.4. The predicted octanol–water partition coefficient (Wildman–Crippen LogP) is 5.12. The first-order valence-corrected chi connectivity index (χ1v) is 6.99. The molecular formula is C16H18BrNO. The highest BCUT2D eigenvalue weighted by molar-refractivity contribution is 9.10. The Hall–Kier alpha value is -1.48. The quantitative estimate of drug-likeness (QED) is 0.779. The Labute approximate surface area is 122 Å². The lowest BCUT2D eigenvalue weighted by Gasteiger charge is -2.22. The van der Waals surface area contributed by atoms with Gasteiger partial charge in [0.1, 0.15) is 11.5 Å². The molecule has 2 N–H and O–H groups in total. The van der Waals surface area contributed by atoms with Gasteiger partial charge in [-0.05, 0) is 29.7 Å². The van der Waals surface area contributed by atoms with E-state index in [1.807, 2.05) is 36.4 Å². The molecule has 0 aliphatic heterocycles. The molecule has 0 aliphatic carbocycles. The molecule has 0 aromatic heterocycles. The van der Waals surface area contributed by atoms with Crippen molar-refractivity contribution in [2.45, 2.75) is 26.2 Å². The first-order valence-electron chi connectivity index (χ1n) is 6.20. The van der Waals surface area contributed by atoms with E-state index >= 15 is 0 Å². The molecule has 0 aliphatic rings. The maximum absolute atomic E-state index is 5.98. The summed E-state index contributed by atoms with van der Waals surface area (Å²) in [7, 11) is 0. The normalized spacial score (nSPS) is 11.4. The highest BCUT2D eigenvalue weighted by Gasteiger charge is 2.19. The van der Waals surface area contributed by atoms with Crippen LogP contribution in [0.2, 0.25) is 0 Å². The summed E-state index contributed by atoms with van der Waals surface area (Å²) in [6.45, 7) is 6.50. The number of ether oxygens (including phenoxy) is 1. The molecule has 0 spiro atoms. The number of rotatable bonds is 2. The van der Waals surface area contributed by atoms with E-state index in [2.05, 4.69) is 42.8 Å². The molecule has 100 valence electrons. The topological polar surface area (TPSA) is 35.2 Å². The Morgan fingerprint density at radius 3 is 2.32 bits per heavy atom. The minimum absolute atomic E-state index is 0.0285. The van der Waals surface area contributed by atoms with Gasteiger partial charge >= 0.3 is 0 Å². The highest BCUT2D eigenvalue weighted by Crippen LogP contribution is 2.36. The molecular weight excluding hydrogens is 302 g/mol. The van der Waals surface area contributed by atoms with Gasteiger partial charge in [-0.1, -0.05) is 54.9 Å². The second-order valence-electron chi connectivity index (χ2n) is 5.53. The molecule has 0 radical (unpaired) electrons. The van der Waals surface area contributed by atoms with Gasteiger partial charge in [0.25, 0.3) is 0 Å². The summed E-state index contributed by atoms with van der Waals surface area (Å²) in [6.07, 6.45) is 0. The lowest BCUT2D eigenvalue weighted by Crippen LogP contribution is -2.12. The minimum Gasteiger partial charge on any atom is -0.455 e. The Balaban J connectivity index is 2.39. The standard InChI is InChI=1S/C16H18BrNO/c1-16(2,3)12-6-4-5-7-14(12)19-15-9-8-11(17)10-13(15)18/h4-10H,18H2,1-3H3. The molecule has 2 aromatic carbocycles. The van der Waals surface area contributed by atoms with Crippen molar-refractivity contribution in [3.05, 3.63) is 52.5 Å². The van der Waals surface area contributed by atoms with Crippen LogP contribution in [-0.2, 0) is 5.41 Å². The maximum atomic E-state index is 5.98. The van der Waals surface area contributed by atoms with Gasteiger partial charge in [0.05, 0.1) is 5.69 Å². The van der Waals surface area contributed by atoms with E-state index in [1.54, 1.807) is 0 Å². The SMILES string of the molecule is CC(C)(C)c1ccccc1Oc1ccc(Br)cc1N. The van der Waals surface area contributed by atoms with E-state index in [-0.39, 0.29) is 5.41 Å². The van der Waals surface area contributed by atoms with E-state index in [9.17, 15) is 0 Å². The van der Waals surface area contributed by atoms with E-state index in [1.165, 1.54) is 0 Å². The number of anilines is 1. The Morgan fingerprint density at radius 1 is 1.00 bits per heavy atom. The van der Waals surface area contributed by atoms with Crippen LogP contribution in [0.25, 0.3) is 0 Å². The van der Waals surface area contributed by atoms with Crippen LogP contribution < -0.4 is 10.5 Å². The number of benzene rings is 2. The zero-order valence-corrected chi connectivity index (χ0v) is 13.0. The van der Waals surface area contributed by atoms with Crippen molar-refractivity contribution in [2.24, 2.45) is 0 Å². The van der Waals surface area contributed by atoms with Crippen molar-refractivity contribution in [1.82, 2.24) is 0 Å². The molecule has 2 aromatic rings. The van der Waals surface area contributed by atoms with Gasteiger partial charge in [-0.25, -0.2) is 0 Å². The summed E-state index contributed by atoms with van der Waals surface area (Å²) in [5.74, 6) is 1.53. The van der Waals surface area contributed by atoms with Gasteiger partial charge in [0.15, 0.2) is 0 Å². The van der Waals surface area contributed by atoms with Crippen LogP contribution >= 0.6 is 15.9 Å². The first-order chi connectivity index (χ1) is 8.88. The van der Waals surface area contributed by atoms with Gasteiger partial charge < -0.3 is 10.5 Å². The molecule has 2 rings (SSSR count). The molecule has 0 heterocycles. The number of nitrogens with two attached hydrogens (primary N) is 1. The number of halogens is 1. The van der Waals surface area contributed by atoms with Crippen LogP contribution in [-0.4, -0.2) is 0 Å². The van der Waals surface area contributed by atoms with Crippen molar-refractivity contribution in [2.75, 3.05) is 5.73 Å². The van der Waals surface area contributed by atoms with E-state index in [0.717, 1.165) is 15.8 Å². The average Bonchev–Trinajstić information content (AvgIpc) is 2.32. The number of hydrogen-bond acceptors (Lipinski definition) is 2. The molecule has 3 heteroatoms. The summed E-state index contributed by atoms with van der Waals surface area (Å²) in [5, 5.41) is 0. The Morgan fingerprint density at radius 2 is 1.68 bits per heavy atom. The van der Waals surface area contributed by atoms with Crippen LogP contribution in [0.3, 0.4) is 0 Å². The first kappa shape index (κ1) is 13.9. The van der Waals surface area contributed by atoms with Gasteiger partial charge in [0.2, 0.25) is 0 Å². The highest BCUT2D eigenvalue weighted by atomic mass is 79.9. The second-order valence-corrected chi connectivity index (χ2v) is 6.45. The summed E-state index contributed by atoms with van der Waals surface area (Å²) < 4.78 is 6.92. The molecule has 0 atom stereocenters. The fourth-order valence-corrected chi connectivity index (χ4v) is 2.28. The zero-order chi connectivity index (χ0) is 14.0. The van der Waals surface area contributed by atoms with Gasteiger partial charge in [-0.2, -0.15) is 0 Å². The smallest absolute Gasteiger partial charge is 0.150 e. The Kier molecular flexibility index (Phi) is 3.85. The Bertz CT molecular complexity index is 588. The molecule has 0 amide bonds. The predicted molar refractivity (Wildman–Crippen MR) is 83.8 cm³/mol. The average molecular weight is 320 g/mol. The summed E-state index contributed by atoms with van der Waals surface area (Å²) in [5.41, 5.74) is 7.79. The van der Waals surface area contributed by atoms with Crippen molar-refractivity contribution in [3.8, 4) is 11.5 Å². The summed E-state index contributed by atoms with van der Waals surface area (Å²) in [4.78, 5) is 0. The summed E-state index contributed by atoms with van der Waals surface area (Å²) in [6, 6.07) is 13.7. The molecule has 0 fully saturated rings. The number of hydrogen-bond donors (Lipinski definition) is 1. The lowest BCUT2D eigenvalue weighted by molar-refractivity contribution is 0.457. The largest absolute Gasteiger partial charge is 0.455 e. The minimum atomic E-state index is 0.0285. The molecule has 0 saturated heterocycles. The van der Waals surface area contributed by atoms with Crippen molar-refractivity contribution >= 4 is 21.6 Å². The van der Waals surface area contributed by atoms with Crippen LogP contribution in [0.15, 0.2) is 46.9 Å². The van der Waals surface area contributed by atoms with Crippen LogP contribution in [0.5, 0.6) is 11.5 Å². The maximum Gasteiger partial charge on any atom is 0.150 e. The monoisotopic (exact) mass is 319 g/mol. The lowest BCUT2D eigenvalue weighted by atomic mass is 9.86. The third-order valence-corrected chi connectivity index (χ3v) is 3.38. The van der Waals surface area contributed by atoms with E-state index < -0.39 is 0 Å². The third-order valence-electron chi connectivity index (χ3n) is 2.89. The van der Waals surface area contributed by atoms with Gasteiger partial charge in [0, 0.05) is 10.0 Å². The molecule has 2 nitrogen and oxygen atoms in total. The van der Waals surface area contributed by atoms with E-state index in [4.69, 9.17) is 10.5 Å². The summed E-state index contributed by atoms with van der Waals surface area (Å²) >= 11 is 3.39. The number of nitrogen functional groups attached to an aromatic ring is 1. The number of para-hydroxylation sites is 1. The van der Waals surface area contributed by atoms with Gasteiger partial charge in [-0.3, -0.25) is 0 Å².